The van der Waals surface area contributed by atoms with Crippen molar-refractivity contribution in [3.8, 4) is 0 Å². The van der Waals surface area contributed by atoms with Crippen LogP contribution in [0, 0.1) is 0 Å². The van der Waals surface area contributed by atoms with E-state index in [1.54, 1.807) is 6.08 Å². The third kappa shape index (κ3) is 3.21. The van der Waals surface area contributed by atoms with Gasteiger partial charge >= 0.3 is 0 Å². The number of rotatable bonds is 2. The highest BCUT2D eigenvalue weighted by Gasteiger charge is 1.90. The van der Waals surface area contributed by atoms with Gasteiger partial charge in [0.05, 0.1) is 0 Å². The molecule has 11 heavy (non-hydrogen) atoms. The Hall–Kier alpha value is -0.790. The minimum Gasteiger partial charge on any atom is -0.211 e. The highest BCUT2D eigenvalue weighted by atomic mass is 35.5. The summed E-state index contributed by atoms with van der Waals surface area (Å²) in [7, 11) is 0. The Morgan fingerprint density at radius 3 is 2.45 bits per heavy atom. The fraction of sp³-hybridized carbons (Fsp3) is 0.111. The third-order valence-corrected chi connectivity index (χ3v) is 1.39. The van der Waals surface area contributed by atoms with Crippen LogP contribution in [0.4, 0.5) is 0 Å². The van der Waals surface area contributed by atoms with Crippen molar-refractivity contribution in [1.82, 2.24) is 0 Å². The summed E-state index contributed by atoms with van der Waals surface area (Å²) < 4.78 is 0. The standard InChI is InChI=1S/C9H8ClO/c10-9(11)7-6-8-4-2-1-3-5-8/h1-7,9H. The van der Waals surface area contributed by atoms with E-state index in [1.807, 2.05) is 30.3 Å². The second kappa shape index (κ2) is 4.16. The first-order valence-corrected chi connectivity index (χ1v) is 3.76. The Kier molecular flexibility index (Phi) is 3.14. The van der Waals surface area contributed by atoms with Gasteiger partial charge in [-0.25, -0.2) is 5.11 Å². The minimum atomic E-state index is -1.14. The first-order valence-electron chi connectivity index (χ1n) is 3.32. The lowest BCUT2D eigenvalue weighted by atomic mass is 10.2. The molecule has 0 aliphatic rings. The van der Waals surface area contributed by atoms with Crippen molar-refractivity contribution < 1.29 is 5.11 Å². The number of hydrogen-bond acceptors (Lipinski definition) is 0. The molecular formula is C9H8ClO. The van der Waals surface area contributed by atoms with Crippen LogP contribution in [-0.2, 0) is 5.11 Å². The number of hydrogen-bond donors (Lipinski definition) is 0. The zero-order valence-electron chi connectivity index (χ0n) is 5.91. The number of benzene rings is 1. The molecule has 0 saturated carbocycles. The van der Waals surface area contributed by atoms with Gasteiger partial charge in [0.1, 0.15) is 0 Å². The average molecular weight is 168 g/mol. The van der Waals surface area contributed by atoms with E-state index >= 15 is 0 Å². The van der Waals surface area contributed by atoms with E-state index in [0.717, 1.165) is 5.56 Å². The van der Waals surface area contributed by atoms with E-state index in [1.165, 1.54) is 6.08 Å². The summed E-state index contributed by atoms with van der Waals surface area (Å²) in [6.45, 7) is 0. The van der Waals surface area contributed by atoms with Crippen molar-refractivity contribution in [3.05, 3.63) is 42.0 Å². The second-order valence-electron chi connectivity index (χ2n) is 2.12. The smallest absolute Gasteiger partial charge is 0.185 e. The summed E-state index contributed by atoms with van der Waals surface area (Å²) >= 11 is 5.19. The monoisotopic (exact) mass is 167 g/mol. The maximum atomic E-state index is 10.4. The summed E-state index contributed by atoms with van der Waals surface area (Å²) in [5.41, 5.74) is -0.149. The predicted octanol–water partition coefficient (Wildman–Crippen LogP) is 2.70. The van der Waals surface area contributed by atoms with Crippen LogP contribution >= 0.6 is 11.6 Å². The van der Waals surface area contributed by atoms with E-state index < -0.39 is 5.56 Å². The zero-order chi connectivity index (χ0) is 8.10. The van der Waals surface area contributed by atoms with Crippen LogP contribution in [0.15, 0.2) is 36.4 Å². The predicted molar refractivity (Wildman–Crippen MR) is 45.8 cm³/mol. The zero-order valence-corrected chi connectivity index (χ0v) is 6.66. The van der Waals surface area contributed by atoms with Crippen LogP contribution in [0.1, 0.15) is 5.56 Å². The molecule has 0 fully saturated rings. The van der Waals surface area contributed by atoms with Crippen LogP contribution in [0.3, 0.4) is 0 Å². The summed E-state index contributed by atoms with van der Waals surface area (Å²) in [4.78, 5) is 0. The molecule has 0 amide bonds. The lowest BCUT2D eigenvalue weighted by Crippen LogP contribution is -1.83. The van der Waals surface area contributed by atoms with E-state index in [2.05, 4.69) is 0 Å². The molecule has 1 atom stereocenters. The van der Waals surface area contributed by atoms with Crippen LogP contribution < -0.4 is 0 Å². The number of halogens is 1. The molecular weight excluding hydrogens is 160 g/mol. The molecule has 1 radical (unpaired) electrons. The molecule has 1 aromatic carbocycles. The van der Waals surface area contributed by atoms with Crippen LogP contribution in [-0.4, -0.2) is 5.56 Å². The molecule has 0 bridgehead atoms. The molecule has 0 N–H and O–H groups in total. The first-order chi connectivity index (χ1) is 5.29. The van der Waals surface area contributed by atoms with Gasteiger partial charge in [0.25, 0.3) is 0 Å². The molecule has 0 heterocycles. The fourth-order valence-electron chi connectivity index (χ4n) is 0.751. The Labute approximate surface area is 70.9 Å². The van der Waals surface area contributed by atoms with E-state index in [-0.39, 0.29) is 0 Å². The first kappa shape index (κ1) is 8.31. The molecule has 2 heteroatoms. The summed E-state index contributed by atoms with van der Waals surface area (Å²) in [5.74, 6) is 0. The third-order valence-electron chi connectivity index (χ3n) is 1.24. The normalized spacial score (nSPS) is 13.6. The highest BCUT2D eigenvalue weighted by molar-refractivity contribution is 6.20. The lowest BCUT2D eigenvalue weighted by Gasteiger charge is -1.90. The van der Waals surface area contributed by atoms with Crippen molar-refractivity contribution in [3.63, 3.8) is 0 Å². The van der Waals surface area contributed by atoms with Gasteiger partial charge in [-0.1, -0.05) is 48.0 Å². The fourth-order valence-corrected chi connectivity index (χ4v) is 0.824. The Bertz CT molecular complexity index is 229. The van der Waals surface area contributed by atoms with Gasteiger partial charge in [0.15, 0.2) is 5.56 Å². The van der Waals surface area contributed by atoms with Crippen molar-refractivity contribution >= 4 is 17.7 Å². The maximum Gasteiger partial charge on any atom is 0.185 e. The van der Waals surface area contributed by atoms with Crippen LogP contribution in [0.5, 0.6) is 0 Å². The van der Waals surface area contributed by atoms with E-state index in [0.29, 0.717) is 0 Å². The van der Waals surface area contributed by atoms with Gasteiger partial charge in [0, 0.05) is 0 Å². The Morgan fingerprint density at radius 1 is 1.27 bits per heavy atom. The van der Waals surface area contributed by atoms with Crippen molar-refractivity contribution in [1.29, 1.82) is 0 Å². The molecule has 0 aliphatic heterocycles. The molecule has 1 rings (SSSR count). The van der Waals surface area contributed by atoms with E-state index in [9.17, 15) is 5.11 Å². The van der Waals surface area contributed by atoms with Crippen LogP contribution in [0.25, 0.3) is 6.08 Å². The van der Waals surface area contributed by atoms with Crippen molar-refractivity contribution in [2.45, 2.75) is 5.56 Å². The summed E-state index contributed by atoms with van der Waals surface area (Å²) in [6, 6.07) is 9.57. The molecule has 1 nitrogen and oxygen atoms in total. The largest absolute Gasteiger partial charge is 0.211 e. The van der Waals surface area contributed by atoms with Gasteiger partial charge in [-0.3, -0.25) is 0 Å². The molecule has 57 valence electrons. The minimum absolute atomic E-state index is 0.994. The molecule has 0 aliphatic carbocycles. The second-order valence-corrected chi connectivity index (χ2v) is 2.55. The lowest BCUT2D eigenvalue weighted by molar-refractivity contribution is 0.197. The molecule has 0 aromatic heterocycles. The quantitative estimate of drug-likeness (QED) is 0.604. The van der Waals surface area contributed by atoms with Gasteiger partial charge in [-0.2, -0.15) is 0 Å². The Morgan fingerprint density at radius 2 is 1.91 bits per heavy atom. The molecule has 1 aromatic rings. The highest BCUT2D eigenvalue weighted by Crippen LogP contribution is 2.03. The molecule has 1 unspecified atom stereocenters. The summed E-state index contributed by atoms with van der Waals surface area (Å²) in [5, 5.41) is 10.4. The van der Waals surface area contributed by atoms with Gasteiger partial charge in [-0.05, 0) is 11.6 Å². The van der Waals surface area contributed by atoms with Crippen molar-refractivity contribution in [2.24, 2.45) is 0 Å². The van der Waals surface area contributed by atoms with Crippen molar-refractivity contribution in [2.75, 3.05) is 0 Å². The van der Waals surface area contributed by atoms with E-state index in [4.69, 9.17) is 11.6 Å². The van der Waals surface area contributed by atoms with Gasteiger partial charge in [-0.15, -0.1) is 0 Å². The van der Waals surface area contributed by atoms with Gasteiger partial charge < -0.3 is 0 Å². The number of alkyl halides is 1. The molecule has 0 spiro atoms. The van der Waals surface area contributed by atoms with Gasteiger partial charge in [0.2, 0.25) is 0 Å². The topological polar surface area (TPSA) is 19.9 Å². The maximum absolute atomic E-state index is 10.4. The summed E-state index contributed by atoms with van der Waals surface area (Å²) in [6.07, 6.45) is 3.13. The SMILES string of the molecule is [O]C(Cl)C=Cc1ccccc1. The van der Waals surface area contributed by atoms with Crippen LogP contribution in [0.2, 0.25) is 0 Å². The molecule has 0 saturated heterocycles. The average Bonchev–Trinajstić information content (AvgIpc) is 2.03. The Balaban J connectivity index is 2.65.